The minimum Gasteiger partial charge on any atom is -0.303 e. The van der Waals surface area contributed by atoms with Crippen molar-refractivity contribution in [2.45, 2.75) is 30.4 Å². The molecule has 1 aliphatic rings. The quantitative estimate of drug-likeness (QED) is 0.787. The standard InChI is InChI=1S/C12H19BrN2O2S2/c1-10-9-11(18-12(10)13)19(16,17)14-5-4-8-15-6-2-3-7-15/h9,14H,2-8H2,1H3. The predicted molar refractivity (Wildman–Crippen MR) is 82.2 cm³/mol. The van der Waals surface area contributed by atoms with Gasteiger partial charge in [-0.15, -0.1) is 11.3 Å². The van der Waals surface area contributed by atoms with Gasteiger partial charge < -0.3 is 4.90 Å². The van der Waals surface area contributed by atoms with E-state index >= 15 is 0 Å². The number of nitrogens with zero attached hydrogens (tertiary/aromatic N) is 1. The molecule has 0 aliphatic carbocycles. The molecule has 1 N–H and O–H groups in total. The highest BCUT2D eigenvalue weighted by Crippen LogP contribution is 2.30. The summed E-state index contributed by atoms with van der Waals surface area (Å²) < 4.78 is 28.1. The molecule has 108 valence electrons. The van der Waals surface area contributed by atoms with Crippen LogP contribution >= 0.6 is 27.3 Å². The van der Waals surface area contributed by atoms with E-state index in [1.54, 1.807) is 6.07 Å². The number of likely N-dealkylation sites (tertiary alicyclic amines) is 1. The van der Waals surface area contributed by atoms with Crippen LogP contribution in [0.15, 0.2) is 14.1 Å². The van der Waals surface area contributed by atoms with Crippen LogP contribution in [0.3, 0.4) is 0 Å². The highest BCUT2D eigenvalue weighted by molar-refractivity contribution is 9.11. The fourth-order valence-corrected chi connectivity index (χ4v) is 5.49. The van der Waals surface area contributed by atoms with Gasteiger partial charge in [-0.25, -0.2) is 13.1 Å². The molecule has 7 heteroatoms. The van der Waals surface area contributed by atoms with E-state index < -0.39 is 10.0 Å². The summed E-state index contributed by atoms with van der Waals surface area (Å²) in [5, 5.41) is 0. The first-order valence-corrected chi connectivity index (χ1v) is 9.56. The fourth-order valence-electron chi connectivity index (χ4n) is 2.15. The topological polar surface area (TPSA) is 49.4 Å². The normalized spacial score (nSPS) is 17.2. The largest absolute Gasteiger partial charge is 0.303 e. The van der Waals surface area contributed by atoms with Crippen molar-refractivity contribution in [2.24, 2.45) is 0 Å². The van der Waals surface area contributed by atoms with Gasteiger partial charge >= 0.3 is 0 Å². The predicted octanol–water partition coefficient (Wildman–Crippen LogP) is 2.58. The van der Waals surface area contributed by atoms with Crippen molar-refractivity contribution in [1.82, 2.24) is 9.62 Å². The van der Waals surface area contributed by atoms with E-state index in [0.717, 1.165) is 35.4 Å². The molecule has 0 amide bonds. The minimum atomic E-state index is -3.34. The maximum atomic E-state index is 12.1. The summed E-state index contributed by atoms with van der Waals surface area (Å²) in [6.07, 6.45) is 3.41. The number of sulfonamides is 1. The molecule has 1 saturated heterocycles. The number of halogens is 1. The second kappa shape index (κ2) is 6.67. The van der Waals surface area contributed by atoms with Crippen molar-refractivity contribution in [3.05, 3.63) is 15.4 Å². The summed E-state index contributed by atoms with van der Waals surface area (Å²) in [5.74, 6) is 0. The maximum Gasteiger partial charge on any atom is 0.250 e. The Hall–Kier alpha value is 0.0500. The van der Waals surface area contributed by atoms with Crippen LogP contribution in [0, 0.1) is 6.92 Å². The van der Waals surface area contributed by atoms with Gasteiger partial charge in [0.15, 0.2) is 0 Å². The third-order valence-electron chi connectivity index (χ3n) is 3.24. The van der Waals surface area contributed by atoms with Gasteiger partial charge in [0.05, 0.1) is 3.79 Å². The van der Waals surface area contributed by atoms with E-state index in [-0.39, 0.29) is 0 Å². The van der Waals surface area contributed by atoms with Crippen molar-refractivity contribution < 1.29 is 8.42 Å². The molecule has 2 heterocycles. The lowest BCUT2D eigenvalue weighted by molar-refractivity contribution is 0.334. The SMILES string of the molecule is Cc1cc(S(=O)(=O)NCCCN2CCCC2)sc1Br. The van der Waals surface area contributed by atoms with E-state index in [4.69, 9.17) is 0 Å². The van der Waals surface area contributed by atoms with E-state index in [2.05, 4.69) is 25.6 Å². The van der Waals surface area contributed by atoms with Crippen molar-refractivity contribution >= 4 is 37.3 Å². The van der Waals surface area contributed by atoms with Crippen molar-refractivity contribution in [3.8, 4) is 0 Å². The highest BCUT2D eigenvalue weighted by atomic mass is 79.9. The second-order valence-corrected chi connectivity index (χ2v) is 9.19. The summed E-state index contributed by atoms with van der Waals surface area (Å²) in [5.41, 5.74) is 0.961. The average Bonchev–Trinajstić information content (AvgIpc) is 2.96. The zero-order chi connectivity index (χ0) is 13.9. The van der Waals surface area contributed by atoms with Gasteiger partial charge in [-0.05, 0) is 73.4 Å². The molecule has 0 bridgehead atoms. The molecule has 4 nitrogen and oxygen atoms in total. The van der Waals surface area contributed by atoms with Crippen LogP contribution in [0.1, 0.15) is 24.8 Å². The molecule has 0 saturated carbocycles. The number of hydrogen-bond acceptors (Lipinski definition) is 4. The van der Waals surface area contributed by atoms with Gasteiger partial charge in [-0.2, -0.15) is 0 Å². The van der Waals surface area contributed by atoms with Crippen LogP contribution in [0.2, 0.25) is 0 Å². The van der Waals surface area contributed by atoms with Crippen LogP contribution in [0.4, 0.5) is 0 Å². The molecule has 1 aromatic heterocycles. The molecule has 0 radical (unpaired) electrons. The minimum absolute atomic E-state index is 0.387. The third kappa shape index (κ3) is 4.26. The van der Waals surface area contributed by atoms with Crippen LogP contribution in [-0.2, 0) is 10.0 Å². The Morgan fingerprint density at radius 2 is 2.11 bits per heavy atom. The molecule has 0 unspecified atom stereocenters. The van der Waals surface area contributed by atoms with Crippen LogP contribution in [-0.4, -0.2) is 39.5 Å². The Kier molecular flexibility index (Phi) is 5.42. The van der Waals surface area contributed by atoms with E-state index in [9.17, 15) is 8.42 Å². The monoisotopic (exact) mass is 366 g/mol. The molecule has 19 heavy (non-hydrogen) atoms. The van der Waals surface area contributed by atoms with Crippen molar-refractivity contribution in [3.63, 3.8) is 0 Å². The number of nitrogens with one attached hydrogen (secondary N) is 1. The first-order chi connectivity index (χ1) is 8.99. The molecule has 1 fully saturated rings. The first-order valence-electron chi connectivity index (χ1n) is 6.47. The Balaban J connectivity index is 1.80. The van der Waals surface area contributed by atoms with Crippen LogP contribution in [0.5, 0.6) is 0 Å². The summed E-state index contributed by atoms with van der Waals surface area (Å²) in [4.78, 5) is 2.39. The lowest BCUT2D eigenvalue weighted by Gasteiger charge is -2.14. The van der Waals surface area contributed by atoms with Crippen molar-refractivity contribution in [1.29, 1.82) is 0 Å². The van der Waals surface area contributed by atoms with Gasteiger partial charge in [-0.1, -0.05) is 0 Å². The molecule has 1 aromatic rings. The van der Waals surface area contributed by atoms with Crippen LogP contribution < -0.4 is 4.72 Å². The molecular weight excluding hydrogens is 348 g/mol. The number of hydrogen-bond donors (Lipinski definition) is 1. The lowest BCUT2D eigenvalue weighted by atomic mass is 10.4. The first kappa shape index (κ1) is 15.4. The van der Waals surface area contributed by atoms with Gasteiger partial charge in [0.2, 0.25) is 10.0 Å². The molecule has 2 rings (SSSR count). The Bertz CT molecular complexity index is 502. The highest BCUT2D eigenvalue weighted by Gasteiger charge is 2.18. The summed E-state index contributed by atoms with van der Waals surface area (Å²) in [6, 6.07) is 1.71. The van der Waals surface area contributed by atoms with Gasteiger partial charge in [-0.3, -0.25) is 0 Å². The lowest BCUT2D eigenvalue weighted by Crippen LogP contribution is -2.28. The van der Waals surface area contributed by atoms with E-state index in [1.165, 1.54) is 24.2 Å². The van der Waals surface area contributed by atoms with E-state index in [1.807, 2.05) is 6.92 Å². The molecular formula is C12H19BrN2O2S2. The van der Waals surface area contributed by atoms with Gasteiger partial charge in [0.1, 0.15) is 4.21 Å². The fraction of sp³-hybridized carbons (Fsp3) is 0.667. The number of rotatable bonds is 6. The van der Waals surface area contributed by atoms with Crippen molar-refractivity contribution in [2.75, 3.05) is 26.2 Å². The maximum absolute atomic E-state index is 12.1. The zero-order valence-electron chi connectivity index (χ0n) is 11.0. The van der Waals surface area contributed by atoms with E-state index in [0.29, 0.717) is 10.8 Å². The smallest absolute Gasteiger partial charge is 0.250 e. The second-order valence-electron chi connectivity index (χ2n) is 4.82. The molecule has 0 atom stereocenters. The average molecular weight is 367 g/mol. The number of thiophene rings is 1. The summed E-state index contributed by atoms with van der Waals surface area (Å²) in [7, 11) is -3.34. The Morgan fingerprint density at radius 3 is 2.68 bits per heavy atom. The Labute approximate surface area is 127 Å². The van der Waals surface area contributed by atoms with Gasteiger partial charge in [0, 0.05) is 6.54 Å². The van der Waals surface area contributed by atoms with Crippen LogP contribution in [0.25, 0.3) is 0 Å². The molecule has 0 aromatic carbocycles. The zero-order valence-corrected chi connectivity index (χ0v) is 14.2. The van der Waals surface area contributed by atoms with Gasteiger partial charge in [0.25, 0.3) is 0 Å². The Morgan fingerprint density at radius 1 is 1.42 bits per heavy atom. The summed E-state index contributed by atoms with van der Waals surface area (Å²) >= 11 is 4.62. The third-order valence-corrected chi connectivity index (χ3v) is 7.31. The molecule has 1 aliphatic heterocycles. The molecule has 0 spiro atoms. The summed E-state index contributed by atoms with van der Waals surface area (Å²) in [6.45, 7) is 5.70. The number of aryl methyl sites for hydroxylation is 1.